The Morgan fingerprint density at radius 2 is 1.65 bits per heavy atom. The molecule has 4 aliphatic carbocycles. The van der Waals surface area contributed by atoms with E-state index < -0.39 is 0 Å². The molecule has 0 saturated heterocycles. The van der Waals surface area contributed by atoms with E-state index in [2.05, 4.69) is 0 Å². The first-order valence-electron chi connectivity index (χ1n) is 7.46. The average molecular weight is 237 g/mol. The highest BCUT2D eigenvalue weighted by atomic mass is 16.5. The van der Waals surface area contributed by atoms with Crippen LogP contribution in [0.15, 0.2) is 0 Å². The molecule has 4 aliphatic rings. The van der Waals surface area contributed by atoms with E-state index in [0.29, 0.717) is 11.5 Å². The molecule has 1 unspecified atom stereocenters. The van der Waals surface area contributed by atoms with Crippen molar-refractivity contribution in [1.82, 2.24) is 0 Å². The van der Waals surface area contributed by atoms with Crippen LogP contribution >= 0.6 is 0 Å². The standard InChI is InChI=1S/C15H27NO/c1-17-4-2-3-14(16)15-8-11-5-12(9-15)7-13(6-11)10-15/h11-14H,2-10,16H2,1H3. The normalized spacial score (nSPS) is 45.2. The van der Waals surface area contributed by atoms with Crippen LogP contribution in [0.3, 0.4) is 0 Å². The Morgan fingerprint density at radius 3 is 2.12 bits per heavy atom. The van der Waals surface area contributed by atoms with Crippen LogP contribution in [0.1, 0.15) is 51.4 Å². The number of hydrogen-bond donors (Lipinski definition) is 1. The van der Waals surface area contributed by atoms with Gasteiger partial charge in [0, 0.05) is 19.8 Å². The summed E-state index contributed by atoms with van der Waals surface area (Å²) in [7, 11) is 1.79. The molecule has 4 fully saturated rings. The molecule has 0 aliphatic heterocycles. The third-order valence-electron chi connectivity index (χ3n) is 5.74. The molecule has 4 saturated carbocycles. The smallest absolute Gasteiger partial charge is 0.0462 e. The quantitative estimate of drug-likeness (QED) is 0.746. The van der Waals surface area contributed by atoms with Crippen molar-refractivity contribution in [2.75, 3.05) is 13.7 Å². The fraction of sp³-hybridized carbons (Fsp3) is 1.00. The molecule has 0 aromatic heterocycles. The van der Waals surface area contributed by atoms with Crippen LogP contribution in [-0.2, 0) is 4.74 Å². The van der Waals surface area contributed by atoms with E-state index in [1.54, 1.807) is 7.11 Å². The van der Waals surface area contributed by atoms with Gasteiger partial charge in [0.15, 0.2) is 0 Å². The Morgan fingerprint density at radius 1 is 1.12 bits per heavy atom. The maximum absolute atomic E-state index is 6.56. The maximum atomic E-state index is 6.56. The predicted octanol–water partition coefficient (Wildman–Crippen LogP) is 2.96. The molecule has 0 aromatic rings. The highest BCUT2D eigenvalue weighted by Crippen LogP contribution is 2.61. The predicted molar refractivity (Wildman–Crippen MR) is 69.7 cm³/mol. The molecular formula is C15H27NO. The molecule has 2 heteroatoms. The van der Waals surface area contributed by atoms with Crippen LogP contribution in [0.5, 0.6) is 0 Å². The summed E-state index contributed by atoms with van der Waals surface area (Å²) in [6.07, 6.45) is 11.2. The van der Waals surface area contributed by atoms with Crippen LogP contribution in [0, 0.1) is 23.2 Å². The molecule has 2 N–H and O–H groups in total. The fourth-order valence-electron chi connectivity index (χ4n) is 5.39. The first kappa shape index (κ1) is 12.0. The highest BCUT2D eigenvalue weighted by Gasteiger charge is 2.52. The summed E-state index contributed by atoms with van der Waals surface area (Å²) in [4.78, 5) is 0. The van der Waals surface area contributed by atoms with E-state index >= 15 is 0 Å². The fourth-order valence-corrected chi connectivity index (χ4v) is 5.39. The minimum absolute atomic E-state index is 0.436. The van der Waals surface area contributed by atoms with E-state index in [9.17, 15) is 0 Å². The lowest BCUT2D eigenvalue weighted by molar-refractivity contribution is -0.0689. The van der Waals surface area contributed by atoms with Crippen molar-refractivity contribution in [3.05, 3.63) is 0 Å². The van der Waals surface area contributed by atoms with Gasteiger partial charge in [0.05, 0.1) is 0 Å². The molecule has 1 atom stereocenters. The molecule has 0 aromatic carbocycles. The van der Waals surface area contributed by atoms with Crippen LogP contribution in [0.4, 0.5) is 0 Å². The molecule has 4 bridgehead atoms. The summed E-state index contributed by atoms with van der Waals surface area (Å²) in [6, 6.07) is 0.436. The van der Waals surface area contributed by atoms with Crippen molar-refractivity contribution < 1.29 is 4.74 Å². The molecule has 17 heavy (non-hydrogen) atoms. The Balaban J connectivity index is 1.64. The third-order valence-corrected chi connectivity index (χ3v) is 5.74. The number of methoxy groups -OCH3 is 1. The summed E-state index contributed by atoms with van der Waals surface area (Å²) in [6.45, 7) is 0.875. The van der Waals surface area contributed by atoms with Gasteiger partial charge in [0.25, 0.3) is 0 Å². The second kappa shape index (κ2) is 4.55. The highest BCUT2D eigenvalue weighted by molar-refractivity contribution is 5.05. The number of rotatable bonds is 5. The lowest BCUT2D eigenvalue weighted by Crippen LogP contribution is -2.54. The maximum Gasteiger partial charge on any atom is 0.0462 e. The largest absolute Gasteiger partial charge is 0.385 e. The molecule has 2 nitrogen and oxygen atoms in total. The second-order valence-electron chi connectivity index (χ2n) is 7.02. The van der Waals surface area contributed by atoms with Gasteiger partial charge in [-0.25, -0.2) is 0 Å². The van der Waals surface area contributed by atoms with Crippen LogP contribution < -0.4 is 5.73 Å². The lowest BCUT2D eigenvalue weighted by Gasteiger charge is -2.59. The van der Waals surface area contributed by atoms with Crippen molar-refractivity contribution in [2.45, 2.75) is 57.4 Å². The van der Waals surface area contributed by atoms with Gasteiger partial charge >= 0.3 is 0 Å². The van der Waals surface area contributed by atoms with Gasteiger partial charge in [0.2, 0.25) is 0 Å². The van der Waals surface area contributed by atoms with Crippen molar-refractivity contribution in [2.24, 2.45) is 28.9 Å². The summed E-state index contributed by atoms with van der Waals surface area (Å²) in [5.74, 6) is 3.07. The molecule has 0 radical (unpaired) electrons. The first-order chi connectivity index (χ1) is 8.22. The molecule has 0 spiro atoms. The summed E-state index contributed by atoms with van der Waals surface area (Å²) >= 11 is 0. The van der Waals surface area contributed by atoms with E-state index in [0.717, 1.165) is 30.8 Å². The van der Waals surface area contributed by atoms with Crippen LogP contribution in [0.2, 0.25) is 0 Å². The van der Waals surface area contributed by atoms with Crippen molar-refractivity contribution in [3.8, 4) is 0 Å². The topological polar surface area (TPSA) is 35.2 Å². The van der Waals surface area contributed by atoms with Crippen molar-refractivity contribution in [1.29, 1.82) is 0 Å². The second-order valence-corrected chi connectivity index (χ2v) is 7.02. The minimum atomic E-state index is 0.436. The minimum Gasteiger partial charge on any atom is -0.385 e. The molecular weight excluding hydrogens is 210 g/mol. The average Bonchev–Trinajstić information content (AvgIpc) is 2.27. The van der Waals surface area contributed by atoms with Gasteiger partial charge in [0.1, 0.15) is 0 Å². The SMILES string of the molecule is COCCCC(N)C12CC3CC(CC(C3)C1)C2. The number of ether oxygens (including phenoxy) is 1. The first-order valence-corrected chi connectivity index (χ1v) is 7.46. The molecule has 98 valence electrons. The molecule has 4 rings (SSSR count). The van der Waals surface area contributed by atoms with Crippen molar-refractivity contribution >= 4 is 0 Å². The van der Waals surface area contributed by atoms with Gasteiger partial charge in [-0.1, -0.05) is 0 Å². The monoisotopic (exact) mass is 237 g/mol. The Kier molecular flexibility index (Phi) is 3.20. The summed E-state index contributed by atoms with van der Waals surface area (Å²) in [5.41, 5.74) is 7.09. The zero-order valence-electron chi connectivity index (χ0n) is 11.2. The summed E-state index contributed by atoms with van der Waals surface area (Å²) in [5, 5.41) is 0. The number of nitrogens with two attached hydrogens (primary N) is 1. The Bertz CT molecular complexity index is 241. The third kappa shape index (κ3) is 2.15. The summed E-state index contributed by atoms with van der Waals surface area (Å²) < 4.78 is 5.16. The molecule has 0 heterocycles. The Hall–Kier alpha value is -0.0800. The van der Waals surface area contributed by atoms with Gasteiger partial charge < -0.3 is 10.5 Å². The van der Waals surface area contributed by atoms with Crippen LogP contribution in [0.25, 0.3) is 0 Å². The van der Waals surface area contributed by atoms with Gasteiger partial charge in [-0.2, -0.15) is 0 Å². The number of hydrogen-bond acceptors (Lipinski definition) is 2. The van der Waals surface area contributed by atoms with E-state index in [1.807, 2.05) is 0 Å². The van der Waals surface area contributed by atoms with Crippen LogP contribution in [-0.4, -0.2) is 19.8 Å². The van der Waals surface area contributed by atoms with Gasteiger partial charge in [-0.3, -0.25) is 0 Å². The zero-order valence-corrected chi connectivity index (χ0v) is 11.2. The zero-order chi connectivity index (χ0) is 11.9. The molecule has 0 amide bonds. The van der Waals surface area contributed by atoms with Crippen molar-refractivity contribution in [3.63, 3.8) is 0 Å². The van der Waals surface area contributed by atoms with Gasteiger partial charge in [-0.05, 0) is 74.5 Å². The Labute approximate surface area is 105 Å². The van der Waals surface area contributed by atoms with Gasteiger partial charge in [-0.15, -0.1) is 0 Å². The van der Waals surface area contributed by atoms with E-state index in [1.165, 1.54) is 44.9 Å². The van der Waals surface area contributed by atoms with E-state index in [4.69, 9.17) is 10.5 Å². The lowest BCUT2D eigenvalue weighted by atomic mass is 9.47. The van der Waals surface area contributed by atoms with E-state index in [-0.39, 0.29) is 0 Å².